The van der Waals surface area contributed by atoms with Crippen LogP contribution >= 0.6 is 11.6 Å². The number of halogens is 1. The molecule has 2 N–H and O–H groups in total. The van der Waals surface area contributed by atoms with Crippen molar-refractivity contribution >= 4 is 41.0 Å². The van der Waals surface area contributed by atoms with Gasteiger partial charge in [0.2, 0.25) is 11.8 Å². The van der Waals surface area contributed by atoms with E-state index < -0.39 is 59.5 Å². The van der Waals surface area contributed by atoms with Gasteiger partial charge in [0.15, 0.2) is 0 Å². The molecule has 3 fully saturated rings. The molecule has 262 valence electrons. The second-order valence-electron chi connectivity index (χ2n) is 13.1. The Morgan fingerprint density at radius 2 is 1.88 bits per heavy atom. The van der Waals surface area contributed by atoms with Gasteiger partial charge < -0.3 is 29.7 Å². The highest BCUT2D eigenvalue weighted by Gasteiger charge is 2.76. The number of hydrogen-bond acceptors (Lipinski definition) is 7. The van der Waals surface area contributed by atoms with Gasteiger partial charge in [-0.25, -0.2) is 0 Å². The Morgan fingerprint density at radius 3 is 2.53 bits per heavy atom. The third kappa shape index (κ3) is 6.91. The number of rotatable bonds is 16. The molecule has 3 heterocycles. The zero-order valence-electron chi connectivity index (χ0n) is 28.1. The molecule has 11 heteroatoms. The van der Waals surface area contributed by atoms with Crippen LogP contribution in [0.5, 0.6) is 0 Å². The van der Waals surface area contributed by atoms with Crippen LogP contribution in [-0.2, 0) is 28.7 Å². The topological polar surface area (TPSA) is 125 Å². The van der Waals surface area contributed by atoms with Crippen LogP contribution in [-0.4, -0.2) is 77.2 Å². The number of carbonyl (C=O) groups is 4. The SMILES string of the molecule is C=CCCC(=O)NC[C@H](OC(=O)[C@@H]1[C@@H]2CC[C@]3(O2)[C@H](C(=O)N(CC=C)c2ccccc2Cl)N([C@@H](CO)[C@@H](C)CC)C(=O)[C@@H]13)c1ccccc1. The van der Waals surface area contributed by atoms with E-state index in [1.807, 2.05) is 44.2 Å². The molecule has 5 rings (SSSR count). The van der Waals surface area contributed by atoms with Crippen molar-refractivity contribution in [3.05, 3.63) is 90.5 Å². The van der Waals surface area contributed by atoms with E-state index in [9.17, 15) is 24.3 Å². The van der Waals surface area contributed by atoms with Crippen molar-refractivity contribution in [2.45, 2.75) is 75.8 Å². The highest BCUT2D eigenvalue weighted by atomic mass is 35.5. The molecule has 2 aromatic carbocycles. The lowest BCUT2D eigenvalue weighted by Gasteiger charge is -2.41. The molecule has 1 spiro atoms. The van der Waals surface area contributed by atoms with Gasteiger partial charge in [-0.3, -0.25) is 19.2 Å². The van der Waals surface area contributed by atoms with Crippen molar-refractivity contribution in [2.75, 3.05) is 24.6 Å². The molecule has 10 nitrogen and oxygen atoms in total. The maximum Gasteiger partial charge on any atom is 0.313 e. The molecular weight excluding hydrogens is 646 g/mol. The molecule has 3 saturated heterocycles. The number of fused-ring (bicyclic) bond motifs is 1. The summed E-state index contributed by atoms with van der Waals surface area (Å²) in [5.41, 5.74) is -0.191. The van der Waals surface area contributed by atoms with E-state index in [-0.39, 0.29) is 37.9 Å². The summed E-state index contributed by atoms with van der Waals surface area (Å²) in [7, 11) is 0. The van der Waals surface area contributed by atoms with Crippen LogP contribution in [0.2, 0.25) is 5.02 Å². The Kier molecular flexibility index (Phi) is 11.6. The summed E-state index contributed by atoms with van der Waals surface area (Å²) in [5.74, 6) is -3.86. The Morgan fingerprint density at radius 1 is 1.16 bits per heavy atom. The lowest BCUT2D eigenvalue weighted by molar-refractivity contribution is -0.161. The second-order valence-corrected chi connectivity index (χ2v) is 13.5. The minimum Gasteiger partial charge on any atom is -0.455 e. The van der Waals surface area contributed by atoms with Crippen LogP contribution in [0, 0.1) is 17.8 Å². The highest BCUT2D eigenvalue weighted by Crippen LogP contribution is 2.59. The van der Waals surface area contributed by atoms with Gasteiger partial charge >= 0.3 is 5.97 Å². The van der Waals surface area contributed by atoms with Gasteiger partial charge in [-0.15, -0.1) is 13.2 Å². The average molecular weight is 692 g/mol. The van der Waals surface area contributed by atoms with E-state index in [0.29, 0.717) is 42.0 Å². The molecule has 3 aliphatic heterocycles. The first-order valence-electron chi connectivity index (χ1n) is 17.0. The number of anilines is 1. The van der Waals surface area contributed by atoms with E-state index >= 15 is 0 Å². The third-order valence-electron chi connectivity index (χ3n) is 10.3. The number of benzene rings is 2. The predicted octanol–water partition coefficient (Wildman–Crippen LogP) is 5.01. The number of ether oxygens (including phenoxy) is 2. The number of aliphatic hydroxyl groups is 1. The molecule has 3 aliphatic rings. The Bertz CT molecular complexity index is 1550. The summed E-state index contributed by atoms with van der Waals surface area (Å²) in [4.78, 5) is 59.3. The average Bonchev–Trinajstić information content (AvgIpc) is 3.76. The van der Waals surface area contributed by atoms with E-state index in [1.54, 1.807) is 36.4 Å². The maximum absolute atomic E-state index is 14.9. The third-order valence-corrected chi connectivity index (χ3v) is 10.6. The lowest BCUT2D eigenvalue weighted by atomic mass is 9.70. The van der Waals surface area contributed by atoms with Gasteiger partial charge in [0.1, 0.15) is 17.7 Å². The van der Waals surface area contributed by atoms with Crippen molar-refractivity contribution in [3.8, 4) is 0 Å². The fourth-order valence-corrected chi connectivity index (χ4v) is 7.94. The Labute approximate surface area is 293 Å². The quantitative estimate of drug-likeness (QED) is 0.187. The van der Waals surface area contributed by atoms with Gasteiger partial charge in [0, 0.05) is 13.0 Å². The largest absolute Gasteiger partial charge is 0.455 e. The van der Waals surface area contributed by atoms with Crippen LogP contribution < -0.4 is 10.2 Å². The summed E-state index contributed by atoms with van der Waals surface area (Å²) in [6.45, 7) is 11.2. The number of nitrogens with one attached hydrogen (secondary N) is 1. The normalized spacial score (nSPS) is 25.6. The zero-order valence-corrected chi connectivity index (χ0v) is 28.9. The van der Waals surface area contributed by atoms with E-state index in [2.05, 4.69) is 18.5 Å². The van der Waals surface area contributed by atoms with Crippen LogP contribution in [0.1, 0.15) is 57.6 Å². The monoisotopic (exact) mass is 691 g/mol. The van der Waals surface area contributed by atoms with Crippen LogP contribution in [0.25, 0.3) is 0 Å². The van der Waals surface area contributed by atoms with Crippen molar-refractivity contribution < 1.29 is 33.8 Å². The first-order valence-corrected chi connectivity index (χ1v) is 17.4. The molecule has 8 atom stereocenters. The van der Waals surface area contributed by atoms with Crippen LogP contribution in [0.4, 0.5) is 5.69 Å². The van der Waals surface area contributed by atoms with Crippen LogP contribution in [0.15, 0.2) is 79.9 Å². The summed E-state index contributed by atoms with van der Waals surface area (Å²) in [6, 6.07) is 14.2. The molecule has 0 aromatic heterocycles. The maximum atomic E-state index is 14.9. The number of esters is 1. The fourth-order valence-electron chi connectivity index (χ4n) is 7.71. The first kappa shape index (κ1) is 36.3. The van der Waals surface area contributed by atoms with Crippen LogP contribution in [0.3, 0.4) is 0 Å². The summed E-state index contributed by atoms with van der Waals surface area (Å²) < 4.78 is 12.8. The summed E-state index contributed by atoms with van der Waals surface area (Å²) >= 11 is 6.58. The predicted molar refractivity (Wildman–Crippen MR) is 186 cm³/mol. The summed E-state index contributed by atoms with van der Waals surface area (Å²) in [6.07, 6.45) is 3.98. The molecule has 0 radical (unpaired) electrons. The number of nitrogens with zero attached hydrogens (tertiary/aromatic N) is 2. The van der Waals surface area contributed by atoms with Gasteiger partial charge in [0.25, 0.3) is 5.91 Å². The van der Waals surface area contributed by atoms with Gasteiger partial charge in [0.05, 0.1) is 47.8 Å². The lowest BCUT2D eigenvalue weighted by Crippen LogP contribution is -2.60. The number of allylic oxidation sites excluding steroid dienone is 1. The standard InChI is InChI=1S/C38H46ClN3O7/c1-5-8-18-31(44)40-22-30(25-14-10-9-11-15-25)48-37(47)32-29-19-20-38(49-29)33(32)35(45)42(28(23-43)24(4)7-3)34(38)36(46)41(21-6-2)27-17-13-12-16-26(27)39/h5-6,9-17,24,28-30,32-34,43H,1-2,7-8,18-23H2,3-4H3,(H,40,44)/t24-,28-,29-,30-,32+,33+,34-,38+/m0/s1. The van der Waals surface area contributed by atoms with Crippen molar-refractivity contribution in [2.24, 2.45) is 17.8 Å². The number of carbonyl (C=O) groups excluding carboxylic acids is 4. The van der Waals surface area contributed by atoms with E-state index in [1.165, 1.54) is 9.80 Å². The van der Waals surface area contributed by atoms with Crippen molar-refractivity contribution in [1.82, 2.24) is 10.2 Å². The molecule has 49 heavy (non-hydrogen) atoms. The molecule has 3 amide bonds. The Balaban J connectivity index is 1.51. The molecule has 2 bridgehead atoms. The molecule has 0 saturated carbocycles. The number of amides is 3. The summed E-state index contributed by atoms with van der Waals surface area (Å²) in [5, 5.41) is 13.9. The van der Waals surface area contributed by atoms with E-state index in [0.717, 1.165) is 0 Å². The molecule has 0 unspecified atom stereocenters. The minimum atomic E-state index is -1.33. The molecule has 0 aliphatic carbocycles. The van der Waals surface area contributed by atoms with Gasteiger partial charge in [-0.2, -0.15) is 0 Å². The number of aliphatic hydroxyl groups excluding tert-OH is 1. The molecule has 2 aromatic rings. The molecular formula is C38H46ClN3O7. The number of likely N-dealkylation sites (tertiary alicyclic amines) is 1. The number of para-hydroxylation sites is 1. The van der Waals surface area contributed by atoms with Crippen molar-refractivity contribution in [3.63, 3.8) is 0 Å². The fraction of sp³-hybridized carbons (Fsp3) is 0.474. The number of hydrogen-bond donors (Lipinski definition) is 2. The zero-order chi connectivity index (χ0) is 35.3. The second kappa shape index (κ2) is 15.7. The van der Waals surface area contributed by atoms with E-state index in [4.69, 9.17) is 21.1 Å². The first-order chi connectivity index (χ1) is 23.6. The van der Waals surface area contributed by atoms with Gasteiger partial charge in [-0.1, -0.05) is 86.5 Å². The Hall–Kier alpha value is -3.99. The smallest absolute Gasteiger partial charge is 0.313 e. The minimum absolute atomic E-state index is 0.0376. The van der Waals surface area contributed by atoms with Crippen molar-refractivity contribution in [1.29, 1.82) is 0 Å². The highest BCUT2D eigenvalue weighted by molar-refractivity contribution is 6.34. The van der Waals surface area contributed by atoms with Gasteiger partial charge in [-0.05, 0) is 42.9 Å².